The fraction of sp³-hybridized carbons (Fsp3) is 0.364. The zero-order valence-corrected chi connectivity index (χ0v) is 13.0. The van der Waals surface area contributed by atoms with Crippen LogP contribution in [0.4, 0.5) is 0 Å². The molecule has 1 unspecified atom stereocenters. The molecule has 0 heterocycles. The molecule has 0 aliphatic rings. The molecule has 0 radical (unpaired) electrons. The summed E-state index contributed by atoms with van der Waals surface area (Å²) in [6, 6.07) is 5.98. The number of carbonyl (C=O) groups is 1. The van der Waals surface area contributed by atoms with Gasteiger partial charge in [-0.05, 0) is 30.2 Å². The number of ketones is 1. The normalized spacial score (nSPS) is 12.5. The van der Waals surface area contributed by atoms with Gasteiger partial charge >= 0.3 is 0 Å². The van der Waals surface area contributed by atoms with Crippen molar-refractivity contribution >= 4 is 53.6 Å². The van der Waals surface area contributed by atoms with Crippen molar-refractivity contribution in [2.24, 2.45) is 0 Å². The molecule has 0 saturated heterocycles. The van der Waals surface area contributed by atoms with E-state index in [0.717, 1.165) is 14.5 Å². The molecule has 1 atom stereocenters. The number of hydrogen-bond acceptors (Lipinski definition) is 1. The minimum atomic E-state index is -0.0897. The summed E-state index contributed by atoms with van der Waals surface area (Å²) in [6.45, 7) is 1.88. The van der Waals surface area contributed by atoms with Gasteiger partial charge in [0.05, 0.1) is 4.83 Å². The maximum Gasteiger partial charge on any atom is 0.146 e. The molecule has 0 aromatic heterocycles. The Balaban J connectivity index is 2.80. The number of Topliss-reactive ketones (excluding diaryl/α,β-unsaturated/α-hetero) is 1. The highest BCUT2D eigenvalue weighted by molar-refractivity contribution is 9.11. The summed E-state index contributed by atoms with van der Waals surface area (Å²) < 4.78 is 2.07. The van der Waals surface area contributed by atoms with Gasteiger partial charge in [0.1, 0.15) is 5.78 Å². The first-order valence-electron chi connectivity index (χ1n) is 4.65. The third kappa shape index (κ3) is 4.00. The van der Waals surface area contributed by atoms with Crippen LogP contribution >= 0.6 is 47.8 Å². The number of rotatable bonds is 4. The third-order valence-electron chi connectivity index (χ3n) is 2.10. The quantitative estimate of drug-likeness (QED) is 0.682. The van der Waals surface area contributed by atoms with Gasteiger partial charge in [0, 0.05) is 15.4 Å². The lowest BCUT2D eigenvalue weighted by Gasteiger charge is -2.09. The predicted octanol–water partition coefficient (Wildman–Crippen LogP) is 4.50. The Morgan fingerprint density at radius 3 is 2.67 bits per heavy atom. The minimum absolute atomic E-state index is 0.0897. The van der Waals surface area contributed by atoms with Gasteiger partial charge in [0.25, 0.3) is 0 Å². The van der Waals surface area contributed by atoms with Crippen molar-refractivity contribution in [1.82, 2.24) is 0 Å². The van der Waals surface area contributed by atoms with Crippen LogP contribution in [0.1, 0.15) is 18.9 Å². The van der Waals surface area contributed by atoms with E-state index >= 15 is 0 Å². The van der Waals surface area contributed by atoms with Crippen LogP contribution in [0.15, 0.2) is 27.1 Å². The van der Waals surface area contributed by atoms with Crippen LogP contribution in [0.3, 0.4) is 0 Å². The molecule has 0 fully saturated rings. The first-order valence-corrected chi connectivity index (χ1v) is 7.15. The SMILES string of the molecule is CCC(=O)C(Br)Cc1cc(Br)ccc1Br. The van der Waals surface area contributed by atoms with E-state index < -0.39 is 0 Å². The van der Waals surface area contributed by atoms with Gasteiger partial charge in [0.2, 0.25) is 0 Å². The monoisotopic (exact) mass is 396 g/mol. The van der Waals surface area contributed by atoms with E-state index in [1.54, 1.807) is 0 Å². The first kappa shape index (κ1) is 13.4. The fourth-order valence-electron chi connectivity index (χ4n) is 1.23. The summed E-state index contributed by atoms with van der Waals surface area (Å²) in [5, 5.41) is 0. The van der Waals surface area contributed by atoms with Gasteiger partial charge in [-0.3, -0.25) is 4.79 Å². The van der Waals surface area contributed by atoms with Crippen LogP contribution in [0.5, 0.6) is 0 Å². The van der Waals surface area contributed by atoms with Crippen molar-refractivity contribution in [3.63, 3.8) is 0 Å². The Kier molecular flexibility index (Phi) is 5.50. The third-order valence-corrected chi connectivity index (χ3v) is 4.21. The highest BCUT2D eigenvalue weighted by Crippen LogP contribution is 2.24. The van der Waals surface area contributed by atoms with Crippen LogP contribution in [0.25, 0.3) is 0 Å². The standard InChI is InChI=1S/C11H11Br3O/c1-2-11(15)10(14)6-7-5-8(12)3-4-9(7)13/h3-5,10H,2,6H2,1H3. The second kappa shape index (κ2) is 6.16. The largest absolute Gasteiger partial charge is 0.298 e. The van der Waals surface area contributed by atoms with E-state index in [2.05, 4.69) is 47.8 Å². The Morgan fingerprint density at radius 2 is 2.07 bits per heavy atom. The van der Waals surface area contributed by atoms with Crippen molar-refractivity contribution in [3.8, 4) is 0 Å². The van der Waals surface area contributed by atoms with E-state index in [-0.39, 0.29) is 10.6 Å². The van der Waals surface area contributed by atoms with Gasteiger partial charge < -0.3 is 0 Å². The predicted molar refractivity (Wildman–Crippen MR) is 73.6 cm³/mol. The summed E-state index contributed by atoms with van der Waals surface area (Å²) in [5.41, 5.74) is 1.13. The zero-order chi connectivity index (χ0) is 11.4. The van der Waals surface area contributed by atoms with E-state index in [1.807, 2.05) is 25.1 Å². The van der Waals surface area contributed by atoms with E-state index in [9.17, 15) is 4.79 Å². The Hall–Kier alpha value is 0.330. The van der Waals surface area contributed by atoms with Crippen LogP contribution in [0, 0.1) is 0 Å². The molecule has 1 aromatic carbocycles. The molecular formula is C11H11Br3O. The Bertz CT molecular complexity index is 363. The lowest BCUT2D eigenvalue weighted by molar-refractivity contribution is -0.118. The zero-order valence-electron chi connectivity index (χ0n) is 8.27. The van der Waals surface area contributed by atoms with E-state index in [4.69, 9.17) is 0 Å². The number of benzene rings is 1. The van der Waals surface area contributed by atoms with Crippen molar-refractivity contribution < 1.29 is 4.79 Å². The Labute approximate surface area is 115 Å². The van der Waals surface area contributed by atoms with Crippen molar-refractivity contribution in [2.45, 2.75) is 24.6 Å². The van der Waals surface area contributed by atoms with Crippen molar-refractivity contribution in [2.75, 3.05) is 0 Å². The lowest BCUT2D eigenvalue weighted by atomic mass is 10.1. The molecule has 1 rings (SSSR count). The smallest absolute Gasteiger partial charge is 0.146 e. The van der Waals surface area contributed by atoms with Gasteiger partial charge in [-0.2, -0.15) is 0 Å². The summed E-state index contributed by atoms with van der Waals surface area (Å²) in [6.07, 6.45) is 1.29. The van der Waals surface area contributed by atoms with Crippen molar-refractivity contribution in [3.05, 3.63) is 32.7 Å². The molecule has 0 bridgehead atoms. The van der Waals surface area contributed by atoms with E-state index in [1.165, 1.54) is 0 Å². The van der Waals surface area contributed by atoms with Crippen LogP contribution in [-0.4, -0.2) is 10.6 Å². The second-order valence-corrected chi connectivity index (χ2v) is 6.10. The van der Waals surface area contributed by atoms with Gasteiger partial charge in [-0.15, -0.1) is 0 Å². The molecule has 82 valence electrons. The molecule has 0 spiro atoms. The van der Waals surface area contributed by atoms with Crippen LogP contribution < -0.4 is 0 Å². The first-order chi connectivity index (χ1) is 7.04. The van der Waals surface area contributed by atoms with Gasteiger partial charge in [0.15, 0.2) is 0 Å². The van der Waals surface area contributed by atoms with Crippen molar-refractivity contribution in [1.29, 1.82) is 0 Å². The molecule has 4 heteroatoms. The molecule has 1 nitrogen and oxygen atoms in total. The number of alkyl halides is 1. The molecule has 1 aromatic rings. The molecule has 15 heavy (non-hydrogen) atoms. The van der Waals surface area contributed by atoms with E-state index in [0.29, 0.717) is 12.8 Å². The highest BCUT2D eigenvalue weighted by atomic mass is 79.9. The van der Waals surface area contributed by atoms with Crippen LogP contribution in [-0.2, 0) is 11.2 Å². The second-order valence-electron chi connectivity index (χ2n) is 3.23. The topological polar surface area (TPSA) is 17.1 Å². The summed E-state index contributed by atoms with van der Waals surface area (Å²) in [7, 11) is 0. The maximum absolute atomic E-state index is 11.4. The average Bonchev–Trinajstić information content (AvgIpc) is 2.22. The number of carbonyl (C=O) groups excluding carboxylic acids is 1. The van der Waals surface area contributed by atoms with Gasteiger partial charge in [-0.1, -0.05) is 54.7 Å². The minimum Gasteiger partial charge on any atom is -0.298 e. The number of halogens is 3. The molecule has 0 aliphatic carbocycles. The summed E-state index contributed by atoms with van der Waals surface area (Å²) in [4.78, 5) is 11.3. The summed E-state index contributed by atoms with van der Waals surface area (Å²) >= 11 is 10.3. The molecule has 0 aliphatic heterocycles. The lowest BCUT2D eigenvalue weighted by Crippen LogP contribution is -2.15. The molecule has 0 N–H and O–H groups in total. The Morgan fingerprint density at radius 1 is 1.40 bits per heavy atom. The maximum atomic E-state index is 11.4. The molecular weight excluding hydrogens is 388 g/mol. The highest BCUT2D eigenvalue weighted by Gasteiger charge is 2.14. The molecule has 0 amide bonds. The fourth-order valence-corrected chi connectivity index (χ4v) is 2.72. The molecule has 0 saturated carbocycles. The van der Waals surface area contributed by atoms with Gasteiger partial charge in [-0.25, -0.2) is 0 Å². The number of hydrogen-bond donors (Lipinski definition) is 0. The van der Waals surface area contributed by atoms with Crippen LogP contribution in [0.2, 0.25) is 0 Å². The average molecular weight is 399 g/mol. The summed E-state index contributed by atoms with van der Waals surface area (Å²) in [5.74, 6) is 0.238.